The van der Waals surface area contributed by atoms with Gasteiger partial charge in [0.15, 0.2) is 5.70 Å². The number of carboxylic acids is 1. The highest BCUT2D eigenvalue weighted by Gasteiger charge is 2.54. The molecule has 48 heavy (non-hydrogen) atoms. The second-order valence-corrected chi connectivity index (χ2v) is 12.9. The summed E-state index contributed by atoms with van der Waals surface area (Å²) >= 11 is 0. The van der Waals surface area contributed by atoms with E-state index in [4.69, 9.17) is 11.5 Å². The molecular weight excluding hydrogens is 627 g/mol. The lowest BCUT2D eigenvalue weighted by Gasteiger charge is -2.54. The van der Waals surface area contributed by atoms with Crippen LogP contribution in [0, 0.1) is 16.6 Å². The standard InChI is InChI=1S/C32H33FN8O7/c1-14(31-4-7-32(8-5-31,9-6-31)30(47)48)38-28(45)17-11-19(39-23-21(17)40-41-24(23)27(35)44)29(46)37-12-15-2-3-18(33)16(10-15)13-36-22-20(34)25(42)26(22)43/h2-3,10-11,14,21,36H,4-9,12-13,34H2,1H3,(H2,35,44)(H,37,46)(H,38,45)(H,47,48). The molecule has 3 amide bonds. The summed E-state index contributed by atoms with van der Waals surface area (Å²) in [5, 5.41) is 26.0. The van der Waals surface area contributed by atoms with E-state index in [1.54, 1.807) is 0 Å². The van der Waals surface area contributed by atoms with Crippen LogP contribution >= 0.6 is 0 Å². The number of carbonyl (C=O) groups excluding carboxylic acids is 3. The maximum Gasteiger partial charge on any atom is 0.309 e. The van der Waals surface area contributed by atoms with Gasteiger partial charge in [0.1, 0.15) is 34.6 Å². The fraction of sp³-hybridized carbons (Fsp3) is 0.406. The van der Waals surface area contributed by atoms with Crippen LogP contribution in [-0.2, 0) is 32.3 Å². The number of anilines is 2. The summed E-state index contributed by atoms with van der Waals surface area (Å²) in [6, 6.07) is 2.70. The molecule has 2 bridgehead atoms. The topological polar surface area (TPSA) is 248 Å². The first-order chi connectivity index (χ1) is 22.7. The highest BCUT2D eigenvalue weighted by Crippen LogP contribution is 2.58. The zero-order valence-corrected chi connectivity index (χ0v) is 25.9. The summed E-state index contributed by atoms with van der Waals surface area (Å²) in [5.41, 5.74) is 8.26. The van der Waals surface area contributed by atoms with E-state index in [-0.39, 0.29) is 64.2 Å². The van der Waals surface area contributed by atoms with Gasteiger partial charge in [-0.1, -0.05) is 6.07 Å². The summed E-state index contributed by atoms with van der Waals surface area (Å²) in [7, 11) is 0. The maximum absolute atomic E-state index is 14.5. The van der Waals surface area contributed by atoms with E-state index >= 15 is 0 Å². The van der Waals surface area contributed by atoms with Gasteiger partial charge < -0.3 is 32.5 Å². The number of hydrogen-bond donors (Lipinski definition) is 6. The molecule has 250 valence electrons. The third-order valence-corrected chi connectivity index (χ3v) is 10.3. The number of dihydropyridines is 1. The Hall–Kier alpha value is -5.54. The summed E-state index contributed by atoms with van der Waals surface area (Å²) in [4.78, 5) is 78.3. The molecule has 2 heterocycles. The molecule has 8 N–H and O–H groups in total. The third kappa shape index (κ3) is 5.46. The molecule has 0 saturated heterocycles. The number of azo groups is 1. The predicted octanol–water partition coefficient (Wildman–Crippen LogP) is 1.07. The number of carbonyl (C=O) groups is 4. The molecule has 3 saturated carbocycles. The number of nitrogen functional groups attached to an aromatic ring is 1. The molecule has 2 aliphatic heterocycles. The summed E-state index contributed by atoms with van der Waals surface area (Å²) in [6.45, 7) is 1.65. The van der Waals surface area contributed by atoms with Crippen LogP contribution in [0.1, 0.15) is 56.6 Å². The SMILES string of the molecule is CC(NC(=O)C1=CC(C(=O)NCc2ccc(F)c(CNc3c(N)c(=O)c3=O)c2)=NC2=C(C(N)=O)N=NC12)C12CCC(C(=O)O)(CC1)CC2. The maximum atomic E-state index is 14.5. The van der Waals surface area contributed by atoms with Crippen LogP contribution in [0.2, 0.25) is 0 Å². The Balaban J connectivity index is 1.17. The van der Waals surface area contributed by atoms with Crippen LogP contribution in [0.3, 0.4) is 0 Å². The molecule has 0 aromatic heterocycles. The van der Waals surface area contributed by atoms with Gasteiger partial charge in [0, 0.05) is 24.7 Å². The fourth-order valence-corrected chi connectivity index (χ4v) is 7.08. The van der Waals surface area contributed by atoms with Crippen molar-refractivity contribution in [3.63, 3.8) is 0 Å². The molecule has 3 fully saturated rings. The Kier molecular flexibility index (Phi) is 8.05. The van der Waals surface area contributed by atoms with E-state index in [1.807, 2.05) is 6.92 Å². The summed E-state index contributed by atoms with van der Waals surface area (Å²) in [6.07, 6.45) is 4.84. The molecule has 7 rings (SSSR count). The normalized spacial score (nSPS) is 24.8. The minimum Gasteiger partial charge on any atom is -0.481 e. The predicted molar refractivity (Wildman–Crippen MR) is 170 cm³/mol. The first-order valence-corrected chi connectivity index (χ1v) is 15.4. The lowest BCUT2D eigenvalue weighted by molar-refractivity contribution is -0.160. The highest BCUT2D eigenvalue weighted by molar-refractivity contribution is 6.44. The van der Waals surface area contributed by atoms with Crippen molar-refractivity contribution in [1.29, 1.82) is 0 Å². The molecule has 16 heteroatoms. The molecular formula is C32H33FN8O7. The van der Waals surface area contributed by atoms with Crippen molar-refractivity contribution in [1.82, 2.24) is 10.6 Å². The van der Waals surface area contributed by atoms with Gasteiger partial charge in [0.2, 0.25) is 5.91 Å². The lowest BCUT2D eigenvalue weighted by Crippen LogP contribution is -2.55. The van der Waals surface area contributed by atoms with Gasteiger partial charge in [-0.05, 0) is 74.6 Å². The molecule has 5 aliphatic rings. The quantitative estimate of drug-likeness (QED) is 0.188. The van der Waals surface area contributed by atoms with Crippen molar-refractivity contribution in [2.24, 2.45) is 31.8 Å². The lowest BCUT2D eigenvalue weighted by atomic mass is 9.52. The van der Waals surface area contributed by atoms with Crippen LogP contribution in [0.5, 0.6) is 0 Å². The summed E-state index contributed by atoms with van der Waals surface area (Å²) < 4.78 is 14.5. The molecule has 2 aromatic carbocycles. The third-order valence-electron chi connectivity index (χ3n) is 10.3. The first-order valence-electron chi connectivity index (χ1n) is 15.4. The minimum absolute atomic E-state index is 0.0349. The number of nitrogens with zero attached hydrogens (tertiary/aromatic N) is 3. The zero-order chi connectivity index (χ0) is 34.5. The minimum atomic E-state index is -1.06. The van der Waals surface area contributed by atoms with Crippen molar-refractivity contribution in [3.8, 4) is 0 Å². The van der Waals surface area contributed by atoms with Gasteiger partial charge in [0.05, 0.1) is 11.0 Å². The highest BCUT2D eigenvalue weighted by atomic mass is 19.1. The Bertz CT molecular complexity index is 1950. The summed E-state index contributed by atoms with van der Waals surface area (Å²) in [5.74, 6) is -3.55. The van der Waals surface area contributed by atoms with Gasteiger partial charge in [-0.25, -0.2) is 9.38 Å². The number of halogens is 1. The first kappa shape index (κ1) is 32.4. The number of aliphatic imine (C=N–C) groups is 1. The number of aliphatic carboxylic acids is 1. The van der Waals surface area contributed by atoms with Crippen LogP contribution in [0.25, 0.3) is 0 Å². The number of amides is 3. The van der Waals surface area contributed by atoms with Crippen LogP contribution in [0.15, 0.2) is 66.1 Å². The van der Waals surface area contributed by atoms with E-state index in [0.29, 0.717) is 44.1 Å². The second kappa shape index (κ2) is 11.9. The van der Waals surface area contributed by atoms with Crippen molar-refractivity contribution in [2.75, 3.05) is 11.1 Å². The monoisotopic (exact) mass is 660 g/mol. The van der Waals surface area contributed by atoms with Gasteiger partial charge in [0.25, 0.3) is 22.7 Å². The van der Waals surface area contributed by atoms with Gasteiger partial charge >= 0.3 is 5.97 Å². The Morgan fingerprint density at radius 3 is 2.35 bits per heavy atom. The zero-order valence-electron chi connectivity index (χ0n) is 25.9. The molecule has 0 spiro atoms. The van der Waals surface area contributed by atoms with E-state index in [1.165, 1.54) is 24.3 Å². The molecule has 2 unspecified atom stereocenters. The molecule has 3 aliphatic carbocycles. The Morgan fingerprint density at radius 2 is 1.73 bits per heavy atom. The number of nitrogens with one attached hydrogen (secondary N) is 3. The molecule has 15 nitrogen and oxygen atoms in total. The smallest absolute Gasteiger partial charge is 0.309 e. The van der Waals surface area contributed by atoms with Crippen LogP contribution < -0.4 is 38.3 Å². The number of hydrogen-bond acceptors (Lipinski definition) is 11. The second-order valence-electron chi connectivity index (χ2n) is 12.9. The average Bonchev–Trinajstić information content (AvgIpc) is 3.53. The Morgan fingerprint density at radius 1 is 1.04 bits per heavy atom. The number of rotatable bonds is 11. The van der Waals surface area contributed by atoms with Crippen molar-refractivity contribution in [3.05, 3.63) is 78.6 Å². The van der Waals surface area contributed by atoms with Gasteiger partial charge in [-0.2, -0.15) is 5.11 Å². The van der Waals surface area contributed by atoms with Crippen LogP contribution in [0.4, 0.5) is 15.8 Å². The van der Waals surface area contributed by atoms with Gasteiger partial charge in [-0.15, -0.1) is 5.11 Å². The molecule has 0 radical (unpaired) electrons. The largest absolute Gasteiger partial charge is 0.481 e. The van der Waals surface area contributed by atoms with Crippen molar-refractivity contribution < 1.29 is 28.7 Å². The van der Waals surface area contributed by atoms with Crippen LogP contribution in [-0.4, -0.2) is 46.6 Å². The number of carboxylic acid groups (broad SMARTS) is 1. The number of primary amides is 1. The Labute approximate surface area is 272 Å². The van der Waals surface area contributed by atoms with E-state index in [9.17, 15) is 38.3 Å². The number of nitrogens with two attached hydrogens (primary N) is 2. The fourth-order valence-electron chi connectivity index (χ4n) is 7.08. The number of benzene rings is 1. The molecule has 2 aromatic rings. The van der Waals surface area contributed by atoms with E-state index in [0.717, 1.165) is 0 Å². The van der Waals surface area contributed by atoms with Crippen molar-refractivity contribution in [2.45, 2.75) is 70.6 Å². The van der Waals surface area contributed by atoms with E-state index < -0.39 is 51.8 Å². The van der Waals surface area contributed by atoms with Crippen molar-refractivity contribution >= 4 is 40.8 Å². The molecule has 2 atom stereocenters. The number of fused-ring (bicyclic) bond motifs is 4. The van der Waals surface area contributed by atoms with E-state index in [2.05, 4.69) is 31.2 Å². The average molecular weight is 661 g/mol. The van der Waals surface area contributed by atoms with Gasteiger partial charge in [-0.3, -0.25) is 28.8 Å².